The molecule has 0 aliphatic heterocycles. The summed E-state index contributed by atoms with van der Waals surface area (Å²) in [5.41, 5.74) is 6.42. The van der Waals surface area contributed by atoms with Crippen LogP contribution < -0.4 is 10.5 Å². The molecule has 19 heavy (non-hydrogen) atoms. The first-order chi connectivity index (χ1) is 9.03. The Hall–Kier alpha value is -0.730. The number of benzene rings is 1. The fourth-order valence-electron chi connectivity index (χ4n) is 1.62. The van der Waals surface area contributed by atoms with Crippen LogP contribution in [0.4, 0.5) is 0 Å². The van der Waals surface area contributed by atoms with E-state index in [-0.39, 0.29) is 18.0 Å². The van der Waals surface area contributed by atoms with Gasteiger partial charge in [-0.05, 0) is 29.1 Å². The van der Waals surface area contributed by atoms with Crippen molar-refractivity contribution in [3.05, 3.63) is 50.6 Å². The molecular weight excluding hydrogens is 348 g/mol. The molecule has 0 amide bonds. The molecule has 7 heteroatoms. The summed E-state index contributed by atoms with van der Waals surface area (Å²) in [6, 6.07) is 9.08. The minimum Gasteiger partial charge on any atom is -0.326 e. The van der Waals surface area contributed by atoms with Gasteiger partial charge in [0.25, 0.3) is 0 Å². The molecule has 4 nitrogen and oxygen atoms in total. The molecule has 1 aromatic heterocycles. The van der Waals surface area contributed by atoms with E-state index in [9.17, 15) is 8.42 Å². The first-order valence-electron chi connectivity index (χ1n) is 5.53. The van der Waals surface area contributed by atoms with Crippen LogP contribution in [0.25, 0.3) is 0 Å². The second kappa shape index (κ2) is 6.15. The minimum absolute atomic E-state index is 0.227. The average Bonchev–Trinajstić information content (AvgIpc) is 2.86. The number of hydrogen-bond acceptors (Lipinski definition) is 4. The van der Waals surface area contributed by atoms with Crippen molar-refractivity contribution in [2.24, 2.45) is 5.73 Å². The molecule has 0 bridgehead atoms. The molecule has 0 saturated carbocycles. The third kappa shape index (κ3) is 3.64. The number of sulfonamides is 1. The quantitative estimate of drug-likeness (QED) is 0.859. The summed E-state index contributed by atoms with van der Waals surface area (Å²) in [6.45, 7) is 0.479. The van der Waals surface area contributed by atoms with Crippen LogP contribution in [0.15, 0.2) is 45.1 Å². The van der Waals surface area contributed by atoms with Crippen LogP contribution in [0, 0.1) is 0 Å². The van der Waals surface area contributed by atoms with E-state index in [1.807, 2.05) is 24.3 Å². The molecule has 0 unspecified atom stereocenters. The van der Waals surface area contributed by atoms with Crippen LogP contribution >= 0.6 is 27.3 Å². The van der Waals surface area contributed by atoms with Gasteiger partial charge in [0.05, 0.1) is 4.90 Å². The molecule has 2 aromatic rings. The Kier molecular flexibility index (Phi) is 4.75. The van der Waals surface area contributed by atoms with Crippen molar-refractivity contribution in [2.45, 2.75) is 18.0 Å². The maximum absolute atomic E-state index is 12.2. The molecule has 0 aliphatic rings. The monoisotopic (exact) mass is 360 g/mol. The van der Waals surface area contributed by atoms with Crippen molar-refractivity contribution in [2.75, 3.05) is 0 Å². The molecule has 102 valence electrons. The van der Waals surface area contributed by atoms with Crippen molar-refractivity contribution < 1.29 is 8.42 Å². The largest absolute Gasteiger partial charge is 0.326 e. The Bertz CT molecular complexity index is 668. The lowest BCUT2D eigenvalue weighted by Crippen LogP contribution is -2.24. The van der Waals surface area contributed by atoms with E-state index >= 15 is 0 Å². The van der Waals surface area contributed by atoms with Gasteiger partial charge in [0.2, 0.25) is 10.0 Å². The van der Waals surface area contributed by atoms with Crippen molar-refractivity contribution in [3.63, 3.8) is 0 Å². The normalized spacial score (nSPS) is 11.7. The predicted octanol–water partition coefficient (Wildman–Crippen LogP) is 2.45. The highest BCUT2D eigenvalue weighted by atomic mass is 79.9. The molecule has 2 rings (SSSR count). The molecule has 3 N–H and O–H groups in total. The number of nitrogens with one attached hydrogen (secondary N) is 1. The van der Waals surface area contributed by atoms with Gasteiger partial charge in [-0.25, -0.2) is 13.1 Å². The fraction of sp³-hybridized carbons (Fsp3) is 0.167. The average molecular weight is 361 g/mol. The van der Waals surface area contributed by atoms with Gasteiger partial charge in [0.1, 0.15) is 0 Å². The number of halogens is 1. The maximum Gasteiger partial charge on any atom is 0.242 e. The zero-order valence-electron chi connectivity index (χ0n) is 9.97. The van der Waals surface area contributed by atoms with Crippen LogP contribution in [0.1, 0.15) is 10.4 Å². The standard InChI is InChI=1S/C12H13BrN2O2S2/c13-10-3-1-2-9(6-10)8-15-19(16,17)12-4-5-18-11(12)7-14/h1-6,15H,7-8,14H2. The van der Waals surface area contributed by atoms with Crippen LogP contribution in [0.3, 0.4) is 0 Å². The lowest BCUT2D eigenvalue weighted by Gasteiger charge is -2.07. The zero-order valence-corrected chi connectivity index (χ0v) is 13.2. The number of thiophene rings is 1. The minimum atomic E-state index is -3.51. The number of hydrogen-bond donors (Lipinski definition) is 2. The van der Waals surface area contributed by atoms with Crippen LogP contribution in [-0.4, -0.2) is 8.42 Å². The molecule has 1 heterocycles. The van der Waals surface area contributed by atoms with E-state index in [1.165, 1.54) is 11.3 Å². The first-order valence-corrected chi connectivity index (χ1v) is 8.69. The highest BCUT2D eigenvalue weighted by molar-refractivity contribution is 9.10. The second-order valence-electron chi connectivity index (χ2n) is 3.87. The van der Waals surface area contributed by atoms with Crippen LogP contribution in [0.2, 0.25) is 0 Å². The Morgan fingerprint density at radius 3 is 2.79 bits per heavy atom. The Labute approximate surface area is 124 Å². The van der Waals surface area contributed by atoms with E-state index in [0.717, 1.165) is 10.0 Å². The summed E-state index contributed by atoms with van der Waals surface area (Å²) >= 11 is 4.70. The van der Waals surface area contributed by atoms with Gasteiger partial charge in [-0.2, -0.15) is 0 Å². The van der Waals surface area contributed by atoms with E-state index in [2.05, 4.69) is 20.7 Å². The van der Waals surface area contributed by atoms with Crippen molar-refractivity contribution in [1.82, 2.24) is 4.72 Å². The van der Waals surface area contributed by atoms with Gasteiger partial charge in [0.15, 0.2) is 0 Å². The van der Waals surface area contributed by atoms with Gasteiger partial charge in [-0.1, -0.05) is 28.1 Å². The fourth-order valence-corrected chi connectivity index (χ4v) is 4.42. The van der Waals surface area contributed by atoms with Crippen molar-refractivity contribution in [1.29, 1.82) is 0 Å². The van der Waals surface area contributed by atoms with Crippen LogP contribution in [0.5, 0.6) is 0 Å². The smallest absolute Gasteiger partial charge is 0.242 e. The third-order valence-electron chi connectivity index (χ3n) is 2.53. The predicted molar refractivity (Wildman–Crippen MR) is 80.4 cm³/mol. The number of rotatable bonds is 5. The SMILES string of the molecule is NCc1sccc1S(=O)(=O)NCc1cccc(Br)c1. The molecule has 1 aromatic carbocycles. The summed E-state index contributed by atoms with van der Waals surface area (Å²) in [7, 11) is -3.51. The number of nitrogens with two attached hydrogens (primary N) is 1. The highest BCUT2D eigenvalue weighted by Gasteiger charge is 2.18. The van der Waals surface area contributed by atoms with E-state index in [1.54, 1.807) is 11.4 Å². The maximum atomic E-state index is 12.2. The lowest BCUT2D eigenvalue weighted by molar-refractivity contribution is 0.580. The third-order valence-corrected chi connectivity index (χ3v) is 5.59. The zero-order chi connectivity index (χ0) is 13.9. The van der Waals surface area contributed by atoms with E-state index < -0.39 is 10.0 Å². The van der Waals surface area contributed by atoms with Gasteiger partial charge >= 0.3 is 0 Å². The molecule has 0 fully saturated rings. The van der Waals surface area contributed by atoms with E-state index in [0.29, 0.717) is 4.88 Å². The second-order valence-corrected chi connectivity index (χ2v) is 7.52. The Balaban J connectivity index is 2.14. The molecule has 0 spiro atoms. The van der Waals surface area contributed by atoms with Gasteiger partial charge in [-0.15, -0.1) is 11.3 Å². The summed E-state index contributed by atoms with van der Waals surface area (Å²) in [5.74, 6) is 0. The molecule has 0 saturated heterocycles. The lowest BCUT2D eigenvalue weighted by atomic mass is 10.2. The summed E-state index contributed by atoms with van der Waals surface area (Å²) < 4.78 is 27.8. The first kappa shape index (κ1) is 14.7. The van der Waals surface area contributed by atoms with Crippen LogP contribution in [-0.2, 0) is 23.1 Å². The molecule has 0 radical (unpaired) electrons. The molecule has 0 atom stereocenters. The summed E-state index contributed by atoms with van der Waals surface area (Å²) in [6.07, 6.45) is 0. The Morgan fingerprint density at radius 2 is 2.11 bits per heavy atom. The topological polar surface area (TPSA) is 72.2 Å². The Morgan fingerprint density at radius 1 is 1.32 bits per heavy atom. The molecule has 0 aliphatic carbocycles. The van der Waals surface area contributed by atoms with Crippen molar-refractivity contribution in [3.8, 4) is 0 Å². The van der Waals surface area contributed by atoms with E-state index in [4.69, 9.17) is 5.73 Å². The summed E-state index contributed by atoms with van der Waals surface area (Å²) in [5, 5.41) is 1.73. The van der Waals surface area contributed by atoms with Gasteiger partial charge in [0, 0.05) is 22.4 Å². The van der Waals surface area contributed by atoms with Gasteiger partial charge < -0.3 is 5.73 Å². The van der Waals surface area contributed by atoms with Gasteiger partial charge in [-0.3, -0.25) is 0 Å². The highest BCUT2D eigenvalue weighted by Crippen LogP contribution is 2.21. The summed E-state index contributed by atoms with van der Waals surface area (Å²) in [4.78, 5) is 0.941. The van der Waals surface area contributed by atoms with Crippen molar-refractivity contribution >= 4 is 37.3 Å². The molecular formula is C12H13BrN2O2S2.